The Bertz CT molecular complexity index is 184. The maximum absolute atomic E-state index is 10.4. The number of halogens is 1. The number of ether oxygens (including phenoxy) is 2. The monoisotopic (exact) mass is 224 g/mol. The molecule has 2 unspecified atom stereocenters. The molecule has 0 radical (unpaired) electrons. The number of aliphatic hydroxyl groups is 1. The summed E-state index contributed by atoms with van der Waals surface area (Å²) in [5, 5.41) is 8.50. The molecule has 0 aromatic rings. The van der Waals surface area contributed by atoms with E-state index in [1.165, 1.54) is 13.8 Å². The quantitative estimate of drug-likeness (QED) is 0.529. The van der Waals surface area contributed by atoms with Crippen LogP contribution in [0.2, 0.25) is 0 Å². The van der Waals surface area contributed by atoms with E-state index in [9.17, 15) is 14.7 Å². The molecule has 0 aliphatic heterocycles. The highest BCUT2D eigenvalue weighted by molar-refractivity contribution is 6.21. The van der Waals surface area contributed by atoms with E-state index >= 15 is 0 Å². The molecular formula is C8H13ClO5. The van der Waals surface area contributed by atoms with Crippen molar-refractivity contribution >= 4 is 23.5 Å². The summed E-state index contributed by atoms with van der Waals surface area (Å²) in [5.74, 6) is -0.976. The summed E-state index contributed by atoms with van der Waals surface area (Å²) < 4.78 is 9.08. The van der Waals surface area contributed by atoms with Crippen molar-refractivity contribution in [1.82, 2.24) is 0 Å². The van der Waals surface area contributed by atoms with Crippen LogP contribution in [0.3, 0.4) is 0 Å². The molecule has 5 nitrogen and oxygen atoms in total. The molecule has 0 aromatic heterocycles. The minimum Gasteiger partial charge on any atom is -0.464 e. The van der Waals surface area contributed by atoms with Crippen molar-refractivity contribution in [3.8, 4) is 0 Å². The summed E-state index contributed by atoms with van der Waals surface area (Å²) in [4.78, 5) is 20.8. The molecule has 0 saturated carbocycles. The summed E-state index contributed by atoms with van der Waals surface area (Å²) in [7, 11) is 0. The lowest BCUT2D eigenvalue weighted by atomic mass is 10.3. The molecule has 0 saturated heterocycles. The van der Waals surface area contributed by atoms with Gasteiger partial charge in [-0.05, 0) is 0 Å². The summed E-state index contributed by atoms with van der Waals surface area (Å²) in [5.41, 5.74) is 0. The van der Waals surface area contributed by atoms with Gasteiger partial charge in [0.2, 0.25) is 0 Å². The van der Waals surface area contributed by atoms with Gasteiger partial charge in [0.15, 0.2) is 0 Å². The number of hydrogen-bond donors (Lipinski definition) is 1. The van der Waals surface area contributed by atoms with Gasteiger partial charge in [-0.25, -0.2) is 0 Å². The summed E-state index contributed by atoms with van der Waals surface area (Å²) in [6.07, 6.45) is -1.04. The van der Waals surface area contributed by atoms with Gasteiger partial charge >= 0.3 is 11.9 Å². The highest BCUT2D eigenvalue weighted by atomic mass is 35.5. The van der Waals surface area contributed by atoms with Gasteiger partial charge < -0.3 is 14.6 Å². The topological polar surface area (TPSA) is 72.8 Å². The van der Waals surface area contributed by atoms with Crippen LogP contribution in [-0.4, -0.2) is 41.7 Å². The molecule has 0 aliphatic carbocycles. The van der Waals surface area contributed by atoms with E-state index in [1.54, 1.807) is 0 Å². The van der Waals surface area contributed by atoms with Crippen LogP contribution in [0.5, 0.6) is 0 Å². The van der Waals surface area contributed by atoms with Gasteiger partial charge in [-0.1, -0.05) is 0 Å². The number of rotatable bonds is 5. The molecule has 0 spiro atoms. The normalized spacial score (nSPS) is 14.3. The van der Waals surface area contributed by atoms with Crippen LogP contribution in [0.1, 0.15) is 13.8 Å². The lowest BCUT2D eigenvalue weighted by molar-refractivity contribution is -0.146. The predicted molar refractivity (Wildman–Crippen MR) is 48.9 cm³/mol. The first-order valence-electron chi connectivity index (χ1n) is 4.02. The van der Waals surface area contributed by atoms with Crippen LogP contribution >= 0.6 is 11.6 Å². The predicted octanol–water partition coefficient (Wildman–Crippen LogP) is 0.0809. The first-order valence-corrected chi connectivity index (χ1v) is 4.46. The average molecular weight is 225 g/mol. The lowest BCUT2D eigenvalue weighted by Gasteiger charge is -2.15. The molecule has 0 bridgehead atoms. The fourth-order valence-corrected chi connectivity index (χ4v) is 0.751. The molecule has 2 atom stereocenters. The Morgan fingerprint density at radius 2 is 1.64 bits per heavy atom. The van der Waals surface area contributed by atoms with Crippen LogP contribution in [0.15, 0.2) is 0 Å². The smallest absolute Gasteiger partial charge is 0.302 e. The molecule has 6 heteroatoms. The zero-order valence-corrected chi connectivity index (χ0v) is 8.78. The van der Waals surface area contributed by atoms with Crippen LogP contribution in [0.25, 0.3) is 0 Å². The maximum Gasteiger partial charge on any atom is 0.302 e. The second-order valence-corrected chi connectivity index (χ2v) is 3.25. The molecule has 14 heavy (non-hydrogen) atoms. The van der Waals surface area contributed by atoms with E-state index in [4.69, 9.17) is 11.6 Å². The van der Waals surface area contributed by atoms with Crippen molar-refractivity contribution in [3.63, 3.8) is 0 Å². The minimum atomic E-state index is -1.04. The molecule has 0 aliphatic rings. The van der Waals surface area contributed by atoms with Crippen molar-refractivity contribution in [2.24, 2.45) is 0 Å². The minimum absolute atomic E-state index is 0.112. The lowest BCUT2D eigenvalue weighted by Crippen LogP contribution is -2.31. The van der Waals surface area contributed by atoms with Crippen LogP contribution < -0.4 is 0 Å². The van der Waals surface area contributed by atoms with Gasteiger partial charge in [-0.3, -0.25) is 9.59 Å². The fraction of sp³-hybridized carbons (Fsp3) is 0.750. The Hall–Kier alpha value is -0.810. The Morgan fingerprint density at radius 3 is 2.07 bits per heavy atom. The van der Waals surface area contributed by atoms with E-state index in [2.05, 4.69) is 9.47 Å². The second kappa shape index (κ2) is 6.62. The van der Waals surface area contributed by atoms with E-state index in [-0.39, 0.29) is 13.2 Å². The zero-order valence-electron chi connectivity index (χ0n) is 8.03. The fourth-order valence-electron chi connectivity index (χ4n) is 0.615. The van der Waals surface area contributed by atoms with Crippen molar-refractivity contribution < 1.29 is 24.2 Å². The van der Waals surface area contributed by atoms with Crippen molar-refractivity contribution in [2.45, 2.75) is 25.3 Å². The van der Waals surface area contributed by atoms with Crippen LogP contribution in [0.4, 0.5) is 0 Å². The van der Waals surface area contributed by atoms with Gasteiger partial charge in [0.05, 0.1) is 5.38 Å². The van der Waals surface area contributed by atoms with Crippen molar-refractivity contribution in [1.29, 1.82) is 0 Å². The van der Waals surface area contributed by atoms with Gasteiger partial charge in [0.25, 0.3) is 0 Å². The number of alkyl halides is 1. The summed E-state index contributed by atoms with van der Waals surface area (Å²) in [6, 6.07) is 0. The average Bonchev–Trinajstić information content (AvgIpc) is 2.09. The van der Waals surface area contributed by atoms with Gasteiger partial charge in [-0.15, -0.1) is 11.6 Å². The SMILES string of the molecule is CC(=O)OCC(O)C(Cl)COC(C)=O. The third kappa shape index (κ3) is 6.68. The van der Waals surface area contributed by atoms with E-state index in [0.717, 1.165) is 0 Å². The molecule has 0 aromatic carbocycles. The number of carbonyl (C=O) groups excluding carboxylic acids is 2. The summed E-state index contributed by atoms with van der Waals surface area (Å²) >= 11 is 5.64. The number of hydrogen-bond acceptors (Lipinski definition) is 5. The van der Waals surface area contributed by atoms with Gasteiger partial charge in [0, 0.05) is 13.8 Å². The standard InChI is InChI=1S/C8H13ClO5/c1-5(10)13-3-7(9)8(12)4-14-6(2)11/h7-8,12H,3-4H2,1-2H3. The highest BCUT2D eigenvalue weighted by Gasteiger charge is 2.18. The molecule has 0 amide bonds. The second-order valence-electron chi connectivity index (χ2n) is 2.69. The Morgan fingerprint density at radius 1 is 1.21 bits per heavy atom. The first-order chi connectivity index (χ1) is 6.43. The van der Waals surface area contributed by atoms with Gasteiger partial charge in [0.1, 0.15) is 19.3 Å². The number of esters is 2. The number of carbonyl (C=O) groups is 2. The molecule has 0 heterocycles. The molecule has 0 fully saturated rings. The molecule has 82 valence electrons. The molecule has 1 N–H and O–H groups in total. The maximum atomic E-state index is 10.4. The van der Waals surface area contributed by atoms with Crippen molar-refractivity contribution in [2.75, 3.05) is 13.2 Å². The third-order valence-corrected chi connectivity index (χ3v) is 1.74. The largest absolute Gasteiger partial charge is 0.464 e. The Balaban J connectivity index is 3.69. The van der Waals surface area contributed by atoms with Crippen LogP contribution in [-0.2, 0) is 19.1 Å². The number of aliphatic hydroxyl groups excluding tert-OH is 1. The third-order valence-electron chi connectivity index (χ3n) is 1.32. The Labute approximate surface area is 86.9 Å². The van der Waals surface area contributed by atoms with Crippen molar-refractivity contribution in [3.05, 3.63) is 0 Å². The van der Waals surface area contributed by atoms with E-state index in [1.807, 2.05) is 0 Å². The van der Waals surface area contributed by atoms with E-state index < -0.39 is 23.4 Å². The Kier molecular flexibility index (Phi) is 6.23. The molecule has 0 rings (SSSR count). The first kappa shape index (κ1) is 13.2. The van der Waals surface area contributed by atoms with E-state index in [0.29, 0.717) is 0 Å². The van der Waals surface area contributed by atoms with Crippen LogP contribution in [0, 0.1) is 0 Å². The zero-order chi connectivity index (χ0) is 11.1. The molecular weight excluding hydrogens is 212 g/mol. The van der Waals surface area contributed by atoms with Gasteiger partial charge in [-0.2, -0.15) is 0 Å². The highest BCUT2D eigenvalue weighted by Crippen LogP contribution is 2.04. The summed E-state index contributed by atoms with van der Waals surface area (Å²) in [6.45, 7) is 2.15.